The molecule has 1 fully saturated rings. The number of aryl methyl sites for hydroxylation is 1. The van der Waals surface area contributed by atoms with Crippen molar-refractivity contribution in [3.05, 3.63) is 11.7 Å². The van der Waals surface area contributed by atoms with Gasteiger partial charge in [-0.3, -0.25) is 9.69 Å². The number of rotatable bonds is 5. The molecule has 1 N–H and O–H groups in total. The van der Waals surface area contributed by atoms with Crippen molar-refractivity contribution in [2.24, 2.45) is 5.92 Å². The molecule has 1 aromatic heterocycles. The minimum atomic E-state index is -0.259. The largest absolute Gasteiger partial charge is 0.343 e. The second-order valence-corrected chi connectivity index (χ2v) is 6.20. The standard InChI is InChI=1S/C15H26N4O2/c1-10(2)13(19-8-6-5-7-9-19)14(20)16-11(3)15-17-12(4)18-21-15/h10-11,13H,5-9H2,1-4H3,(H,16,20)/t11-,13+/m1/s1. The Kier molecular flexibility index (Phi) is 5.33. The lowest BCUT2D eigenvalue weighted by molar-refractivity contribution is -0.129. The average Bonchev–Trinajstić information content (AvgIpc) is 2.86. The zero-order chi connectivity index (χ0) is 15.4. The Balaban J connectivity index is 2.01. The van der Waals surface area contributed by atoms with Gasteiger partial charge in [0.1, 0.15) is 6.04 Å². The Labute approximate surface area is 126 Å². The summed E-state index contributed by atoms with van der Waals surface area (Å²) in [5.41, 5.74) is 0. The highest BCUT2D eigenvalue weighted by molar-refractivity contribution is 5.82. The molecule has 0 radical (unpaired) electrons. The van der Waals surface area contributed by atoms with E-state index < -0.39 is 0 Å². The molecule has 1 amide bonds. The molecule has 2 rings (SSSR count). The molecular formula is C15H26N4O2. The molecule has 0 spiro atoms. The fraction of sp³-hybridized carbons (Fsp3) is 0.800. The first-order valence-corrected chi connectivity index (χ1v) is 7.83. The highest BCUT2D eigenvalue weighted by Gasteiger charge is 2.31. The van der Waals surface area contributed by atoms with Crippen molar-refractivity contribution in [1.82, 2.24) is 20.4 Å². The van der Waals surface area contributed by atoms with E-state index in [1.807, 2.05) is 6.92 Å². The monoisotopic (exact) mass is 294 g/mol. The molecule has 0 unspecified atom stereocenters. The summed E-state index contributed by atoms with van der Waals surface area (Å²) in [4.78, 5) is 19.1. The summed E-state index contributed by atoms with van der Waals surface area (Å²) in [6.07, 6.45) is 3.62. The number of amides is 1. The van der Waals surface area contributed by atoms with Crippen molar-refractivity contribution in [2.75, 3.05) is 13.1 Å². The maximum Gasteiger partial charge on any atom is 0.248 e. The summed E-state index contributed by atoms with van der Waals surface area (Å²) in [6, 6.07) is -0.346. The lowest BCUT2D eigenvalue weighted by atomic mass is 9.98. The zero-order valence-corrected chi connectivity index (χ0v) is 13.4. The van der Waals surface area contributed by atoms with E-state index in [2.05, 4.69) is 34.2 Å². The van der Waals surface area contributed by atoms with Gasteiger partial charge in [-0.1, -0.05) is 25.4 Å². The Hall–Kier alpha value is -1.43. The van der Waals surface area contributed by atoms with Crippen LogP contribution < -0.4 is 5.32 Å². The molecule has 2 atom stereocenters. The number of nitrogens with one attached hydrogen (secondary N) is 1. The van der Waals surface area contributed by atoms with Gasteiger partial charge in [0.25, 0.3) is 0 Å². The maximum atomic E-state index is 12.6. The van der Waals surface area contributed by atoms with Crippen LogP contribution in [-0.2, 0) is 4.79 Å². The molecule has 0 aliphatic carbocycles. The fourth-order valence-electron chi connectivity index (χ4n) is 2.94. The first-order chi connectivity index (χ1) is 9.99. The van der Waals surface area contributed by atoms with Crippen LogP contribution in [-0.4, -0.2) is 40.1 Å². The molecule has 6 heteroatoms. The second-order valence-electron chi connectivity index (χ2n) is 6.20. The van der Waals surface area contributed by atoms with Crippen molar-refractivity contribution in [3.8, 4) is 0 Å². The molecule has 1 aromatic rings. The van der Waals surface area contributed by atoms with E-state index in [1.54, 1.807) is 6.92 Å². The van der Waals surface area contributed by atoms with E-state index >= 15 is 0 Å². The number of piperidine rings is 1. The van der Waals surface area contributed by atoms with Gasteiger partial charge in [-0.15, -0.1) is 0 Å². The van der Waals surface area contributed by atoms with E-state index in [0.29, 0.717) is 11.7 Å². The maximum absolute atomic E-state index is 12.6. The summed E-state index contributed by atoms with van der Waals surface area (Å²) in [7, 11) is 0. The summed E-state index contributed by atoms with van der Waals surface area (Å²) in [5.74, 6) is 1.37. The van der Waals surface area contributed by atoms with Gasteiger partial charge in [0.2, 0.25) is 11.8 Å². The second kappa shape index (κ2) is 7.02. The molecule has 1 aliphatic heterocycles. The van der Waals surface area contributed by atoms with Gasteiger partial charge in [0.05, 0.1) is 6.04 Å². The first kappa shape index (κ1) is 15.9. The minimum Gasteiger partial charge on any atom is -0.343 e. The molecule has 0 bridgehead atoms. The third-order valence-corrected chi connectivity index (χ3v) is 3.96. The quantitative estimate of drug-likeness (QED) is 0.900. The third-order valence-electron chi connectivity index (χ3n) is 3.96. The van der Waals surface area contributed by atoms with Crippen LogP contribution in [0, 0.1) is 12.8 Å². The number of likely N-dealkylation sites (tertiary alicyclic amines) is 1. The lowest BCUT2D eigenvalue weighted by Gasteiger charge is -2.36. The van der Waals surface area contributed by atoms with Crippen molar-refractivity contribution in [3.63, 3.8) is 0 Å². The third kappa shape index (κ3) is 4.03. The van der Waals surface area contributed by atoms with Crippen LogP contribution in [0.5, 0.6) is 0 Å². The minimum absolute atomic E-state index is 0.0512. The van der Waals surface area contributed by atoms with Crippen LogP contribution in [0.4, 0.5) is 0 Å². The number of nitrogens with zero attached hydrogens (tertiary/aromatic N) is 3. The predicted molar refractivity (Wildman–Crippen MR) is 79.6 cm³/mol. The van der Waals surface area contributed by atoms with Crippen LogP contribution >= 0.6 is 0 Å². The van der Waals surface area contributed by atoms with E-state index in [4.69, 9.17) is 4.52 Å². The van der Waals surface area contributed by atoms with Crippen molar-refractivity contribution in [2.45, 2.75) is 59.0 Å². The van der Waals surface area contributed by atoms with E-state index in [-0.39, 0.29) is 23.9 Å². The molecule has 6 nitrogen and oxygen atoms in total. The van der Waals surface area contributed by atoms with Crippen LogP contribution in [0.1, 0.15) is 57.8 Å². The average molecular weight is 294 g/mol. The fourth-order valence-corrected chi connectivity index (χ4v) is 2.94. The van der Waals surface area contributed by atoms with Crippen molar-refractivity contribution >= 4 is 5.91 Å². The number of carbonyl (C=O) groups is 1. The summed E-state index contributed by atoms with van der Waals surface area (Å²) in [5, 5.41) is 6.78. The van der Waals surface area contributed by atoms with Gasteiger partial charge in [-0.05, 0) is 45.7 Å². The Bertz CT molecular complexity index is 466. The summed E-state index contributed by atoms with van der Waals surface area (Å²) >= 11 is 0. The smallest absolute Gasteiger partial charge is 0.248 e. The molecule has 2 heterocycles. The van der Waals surface area contributed by atoms with Crippen LogP contribution in [0.2, 0.25) is 0 Å². The van der Waals surface area contributed by atoms with Crippen LogP contribution in [0.3, 0.4) is 0 Å². The van der Waals surface area contributed by atoms with Gasteiger partial charge in [-0.2, -0.15) is 4.98 Å². The Morgan fingerprint density at radius 1 is 1.24 bits per heavy atom. The van der Waals surface area contributed by atoms with Gasteiger partial charge in [0, 0.05) is 0 Å². The topological polar surface area (TPSA) is 71.3 Å². The van der Waals surface area contributed by atoms with Crippen molar-refractivity contribution in [1.29, 1.82) is 0 Å². The van der Waals surface area contributed by atoms with Crippen LogP contribution in [0.25, 0.3) is 0 Å². The first-order valence-electron chi connectivity index (χ1n) is 7.83. The molecular weight excluding hydrogens is 268 g/mol. The molecule has 1 aliphatic rings. The van der Waals surface area contributed by atoms with Crippen molar-refractivity contribution < 1.29 is 9.32 Å². The molecule has 118 valence electrons. The van der Waals surface area contributed by atoms with Gasteiger partial charge >= 0.3 is 0 Å². The predicted octanol–water partition coefficient (Wildman–Crippen LogP) is 2.07. The molecule has 0 saturated carbocycles. The van der Waals surface area contributed by atoms with Gasteiger partial charge in [-0.25, -0.2) is 0 Å². The molecule has 1 saturated heterocycles. The summed E-state index contributed by atoms with van der Waals surface area (Å²) in [6.45, 7) is 9.85. The lowest BCUT2D eigenvalue weighted by Crippen LogP contribution is -2.52. The van der Waals surface area contributed by atoms with E-state index in [9.17, 15) is 4.79 Å². The SMILES string of the molecule is Cc1noc([C@@H](C)NC(=O)[C@H](C(C)C)N2CCCCC2)n1. The number of hydrogen-bond donors (Lipinski definition) is 1. The highest BCUT2D eigenvalue weighted by atomic mass is 16.5. The van der Waals surface area contributed by atoms with E-state index in [1.165, 1.54) is 19.3 Å². The zero-order valence-electron chi connectivity index (χ0n) is 13.4. The van der Waals surface area contributed by atoms with Gasteiger partial charge in [0.15, 0.2) is 5.82 Å². The number of carbonyl (C=O) groups excluding carboxylic acids is 1. The van der Waals surface area contributed by atoms with Crippen LogP contribution in [0.15, 0.2) is 4.52 Å². The Morgan fingerprint density at radius 2 is 1.90 bits per heavy atom. The van der Waals surface area contributed by atoms with Gasteiger partial charge < -0.3 is 9.84 Å². The Morgan fingerprint density at radius 3 is 2.43 bits per heavy atom. The molecule has 21 heavy (non-hydrogen) atoms. The normalized spacial score (nSPS) is 19.5. The van der Waals surface area contributed by atoms with E-state index in [0.717, 1.165) is 13.1 Å². The summed E-state index contributed by atoms with van der Waals surface area (Å²) < 4.78 is 5.12. The number of aromatic nitrogens is 2. The highest BCUT2D eigenvalue weighted by Crippen LogP contribution is 2.19. The molecule has 0 aromatic carbocycles. The number of hydrogen-bond acceptors (Lipinski definition) is 5.